The van der Waals surface area contributed by atoms with Gasteiger partial charge in [-0.15, -0.1) is 0 Å². The first-order valence-electron chi connectivity index (χ1n) is 11.7. The fraction of sp³-hybridized carbons (Fsp3) is 0.500. The molecular formula is C28H30O. The predicted octanol–water partition coefficient (Wildman–Crippen LogP) is 6.89. The Morgan fingerprint density at radius 2 is 1.90 bits per heavy atom. The van der Waals surface area contributed by atoms with Gasteiger partial charge in [0.05, 0.1) is 0 Å². The quantitative estimate of drug-likeness (QED) is 0.441. The summed E-state index contributed by atoms with van der Waals surface area (Å²) in [6, 6.07) is 11.5. The molecular weight excluding hydrogens is 352 g/mol. The average Bonchev–Trinajstić information content (AvgIpc) is 3.47. The second-order valence-electron chi connectivity index (χ2n) is 10.1. The largest absolute Gasteiger partial charge is 0.234 e. The van der Waals surface area contributed by atoms with Crippen LogP contribution in [0.1, 0.15) is 91.0 Å². The van der Waals surface area contributed by atoms with Crippen molar-refractivity contribution in [3.63, 3.8) is 0 Å². The molecule has 148 valence electrons. The lowest BCUT2D eigenvalue weighted by Gasteiger charge is -2.31. The molecule has 0 radical (unpaired) electrons. The molecule has 0 aliphatic heterocycles. The Morgan fingerprint density at radius 1 is 1.00 bits per heavy atom. The highest BCUT2D eigenvalue weighted by atomic mass is 16.1. The molecule has 6 rings (SSSR count). The normalized spacial score (nSPS) is 29.6. The van der Waals surface area contributed by atoms with Crippen molar-refractivity contribution in [2.75, 3.05) is 0 Å². The smallest absolute Gasteiger partial charge is 0.124 e. The van der Waals surface area contributed by atoms with E-state index in [2.05, 4.69) is 43.2 Å². The number of hydrogen-bond acceptors (Lipinski definition) is 1. The van der Waals surface area contributed by atoms with Crippen LogP contribution in [0.4, 0.5) is 0 Å². The van der Waals surface area contributed by atoms with Crippen LogP contribution < -0.4 is 0 Å². The Labute approximate surface area is 174 Å². The Morgan fingerprint density at radius 3 is 2.69 bits per heavy atom. The molecule has 2 bridgehead atoms. The van der Waals surface area contributed by atoms with Gasteiger partial charge in [0.1, 0.15) is 5.94 Å². The molecule has 29 heavy (non-hydrogen) atoms. The van der Waals surface area contributed by atoms with Crippen LogP contribution in [0.2, 0.25) is 0 Å². The standard InChI is InChI=1S/C28H30O/c1-17-24(25-13-18-10-11-20(25)12-18)15-26-22-8-4-2-6-19(22)14-27(26)28(17)23-9-5-3-7-21(23)16-29/h2,4,6,8,15,18,20,23,25H,3,5,7,9-14H2,1H3. The van der Waals surface area contributed by atoms with Gasteiger partial charge < -0.3 is 0 Å². The second kappa shape index (κ2) is 6.71. The molecule has 4 aliphatic carbocycles. The summed E-state index contributed by atoms with van der Waals surface area (Å²) in [4.78, 5) is 11.9. The highest BCUT2D eigenvalue weighted by molar-refractivity contribution is 5.80. The maximum Gasteiger partial charge on any atom is 0.124 e. The summed E-state index contributed by atoms with van der Waals surface area (Å²) in [5, 5.41) is 0. The Kier molecular flexibility index (Phi) is 4.10. The van der Waals surface area contributed by atoms with Crippen molar-refractivity contribution in [2.45, 2.75) is 76.5 Å². The summed E-state index contributed by atoms with van der Waals surface area (Å²) >= 11 is 0. The van der Waals surface area contributed by atoms with Crippen LogP contribution in [0, 0.1) is 18.8 Å². The van der Waals surface area contributed by atoms with Crippen molar-refractivity contribution in [2.24, 2.45) is 11.8 Å². The van der Waals surface area contributed by atoms with Crippen LogP contribution >= 0.6 is 0 Å². The number of carbonyl (C=O) groups excluding carboxylic acids is 1. The Bertz CT molecular complexity index is 1040. The lowest BCUT2D eigenvalue weighted by atomic mass is 9.72. The van der Waals surface area contributed by atoms with Gasteiger partial charge in [-0.1, -0.05) is 43.2 Å². The fourth-order valence-corrected chi connectivity index (χ4v) is 7.37. The third-order valence-corrected chi connectivity index (χ3v) is 8.69. The average molecular weight is 383 g/mol. The molecule has 4 unspecified atom stereocenters. The third-order valence-electron chi connectivity index (χ3n) is 8.69. The zero-order valence-electron chi connectivity index (χ0n) is 17.5. The van der Waals surface area contributed by atoms with E-state index < -0.39 is 0 Å². The molecule has 4 atom stereocenters. The molecule has 2 aromatic carbocycles. The highest BCUT2D eigenvalue weighted by Gasteiger charge is 2.42. The molecule has 0 aromatic heterocycles. The van der Waals surface area contributed by atoms with Crippen molar-refractivity contribution in [3.8, 4) is 11.1 Å². The zero-order chi connectivity index (χ0) is 19.5. The molecule has 0 saturated heterocycles. The molecule has 0 amide bonds. The summed E-state index contributed by atoms with van der Waals surface area (Å²) in [6.45, 7) is 2.37. The van der Waals surface area contributed by atoms with Crippen LogP contribution in [0.15, 0.2) is 35.9 Å². The van der Waals surface area contributed by atoms with Gasteiger partial charge in [0.25, 0.3) is 0 Å². The number of rotatable bonds is 2. The Hall–Kier alpha value is -2.11. The van der Waals surface area contributed by atoms with Crippen LogP contribution in [0.3, 0.4) is 0 Å². The minimum absolute atomic E-state index is 0.294. The second-order valence-corrected chi connectivity index (χ2v) is 10.1. The first-order valence-corrected chi connectivity index (χ1v) is 11.7. The van der Waals surface area contributed by atoms with Crippen molar-refractivity contribution >= 4 is 5.94 Å². The van der Waals surface area contributed by atoms with E-state index >= 15 is 0 Å². The number of fused-ring (bicyclic) bond motifs is 5. The molecule has 0 heterocycles. The molecule has 3 fully saturated rings. The molecule has 4 aliphatic rings. The SMILES string of the molecule is Cc1c(C2CC3CCC2C3)cc2c(c1C1CCCCC1=C=O)Cc1ccccc1-2. The van der Waals surface area contributed by atoms with Gasteiger partial charge in [0.2, 0.25) is 0 Å². The Balaban J connectivity index is 1.57. The summed E-state index contributed by atoms with van der Waals surface area (Å²) in [5.74, 6) is 5.24. The van der Waals surface area contributed by atoms with Crippen LogP contribution in [0.25, 0.3) is 11.1 Å². The van der Waals surface area contributed by atoms with Crippen LogP contribution in [-0.2, 0) is 11.2 Å². The number of benzene rings is 2. The van der Waals surface area contributed by atoms with Gasteiger partial charge in [-0.3, -0.25) is 0 Å². The monoisotopic (exact) mass is 382 g/mol. The van der Waals surface area contributed by atoms with Crippen molar-refractivity contribution in [3.05, 3.63) is 63.7 Å². The molecule has 0 spiro atoms. The first-order chi connectivity index (χ1) is 14.2. The summed E-state index contributed by atoms with van der Waals surface area (Å²) in [6.07, 6.45) is 11.2. The van der Waals surface area contributed by atoms with Gasteiger partial charge in [0.15, 0.2) is 0 Å². The van der Waals surface area contributed by atoms with Crippen molar-refractivity contribution < 1.29 is 4.79 Å². The van der Waals surface area contributed by atoms with Gasteiger partial charge >= 0.3 is 0 Å². The van der Waals surface area contributed by atoms with E-state index in [4.69, 9.17) is 0 Å². The fourth-order valence-electron chi connectivity index (χ4n) is 7.37. The third kappa shape index (κ3) is 2.63. The lowest BCUT2D eigenvalue weighted by Crippen LogP contribution is -2.17. The number of allylic oxidation sites excluding steroid dienone is 1. The van der Waals surface area contributed by atoms with Crippen LogP contribution in [-0.4, -0.2) is 5.94 Å². The predicted molar refractivity (Wildman–Crippen MR) is 118 cm³/mol. The molecule has 1 heteroatoms. The molecule has 0 N–H and O–H groups in total. The minimum atomic E-state index is 0.294. The van der Waals surface area contributed by atoms with Gasteiger partial charge in [0, 0.05) is 11.5 Å². The van der Waals surface area contributed by atoms with E-state index in [9.17, 15) is 4.79 Å². The summed E-state index contributed by atoms with van der Waals surface area (Å²) in [7, 11) is 0. The molecule has 1 nitrogen and oxygen atoms in total. The maximum atomic E-state index is 11.9. The summed E-state index contributed by atoms with van der Waals surface area (Å²) < 4.78 is 0. The van der Waals surface area contributed by atoms with Crippen molar-refractivity contribution in [1.82, 2.24) is 0 Å². The highest BCUT2D eigenvalue weighted by Crippen LogP contribution is 2.56. The van der Waals surface area contributed by atoms with Gasteiger partial charge in [-0.2, -0.15) is 0 Å². The van der Waals surface area contributed by atoms with Gasteiger partial charge in [-0.05, 0) is 109 Å². The van der Waals surface area contributed by atoms with E-state index in [1.54, 1.807) is 5.56 Å². The van der Waals surface area contributed by atoms with Crippen LogP contribution in [0.5, 0.6) is 0 Å². The van der Waals surface area contributed by atoms with E-state index in [-0.39, 0.29) is 0 Å². The van der Waals surface area contributed by atoms with Gasteiger partial charge in [-0.25, -0.2) is 4.79 Å². The van der Waals surface area contributed by atoms with E-state index in [0.29, 0.717) is 5.92 Å². The van der Waals surface area contributed by atoms with Crippen molar-refractivity contribution in [1.29, 1.82) is 0 Å². The maximum absolute atomic E-state index is 11.9. The van der Waals surface area contributed by atoms with E-state index in [0.717, 1.165) is 49.0 Å². The molecule has 3 saturated carbocycles. The van der Waals surface area contributed by atoms with E-state index in [1.807, 2.05) is 0 Å². The summed E-state index contributed by atoms with van der Waals surface area (Å²) in [5.41, 5.74) is 11.5. The molecule has 2 aromatic rings. The topological polar surface area (TPSA) is 17.1 Å². The lowest BCUT2D eigenvalue weighted by molar-refractivity contribution is 0.418. The first kappa shape index (κ1) is 17.7. The van der Waals surface area contributed by atoms with E-state index in [1.165, 1.54) is 65.5 Å². The minimum Gasteiger partial charge on any atom is -0.234 e. The zero-order valence-corrected chi connectivity index (χ0v) is 17.5. The number of hydrogen-bond donors (Lipinski definition) is 0.